The Balaban J connectivity index is 0.906. The largest absolute Gasteiger partial charge is 0.310 e. The Morgan fingerprint density at radius 1 is 0.263 bits per heavy atom. The van der Waals surface area contributed by atoms with Crippen molar-refractivity contribution in [3.05, 3.63) is 281 Å². The highest BCUT2D eigenvalue weighted by atomic mass is 15.1. The lowest BCUT2D eigenvalue weighted by Gasteiger charge is -2.30. The summed E-state index contributed by atoms with van der Waals surface area (Å²) >= 11 is 0. The van der Waals surface area contributed by atoms with Crippen LogP contribution in [0.15, 0.2) is 236 Å². The van der Waals surface area contributed by atoms with E-state index in [4.69, 9.17) is 0 Å². The number of rotatable bonds is 11. The number of aryl methyl sites for hydroxylation is 3. The van der Waals surface area contributed by atoms with Gasteiger partial charge in [-0.1, -0.05) is 217 Å². The highest BCUT2D eigenvalue weighted by Crippen LogP contribution is 2.51. The van der Waals surface area contributed by atoms with E-state index in [9.17, 15) is 0 Å². The molecule has 10 aromatic rings. The molecule has 0 aliphatic heterocycles. The molecule has 0 N–H and O–H groups in total. The minimum Gasteiger partial charge on any atom is -0.310 e. The van der Waals surface area contributed by atoms with Gasteiger partial charge >= 0.3 is 0 Å². The van der Waals surface area contributed by atoms with Crippen LogP contribution in [0.2, 0.25) is 0 Å². The number of nitrogens with zero attached hydrogens (tertiary/aromatic N) is 2. The van der Waals surface area contributed by atoms with Crippen molar-refractivity contribution in [2.45, 2.75) is 52.9 Å². The summed E-state index contributed by atoms with van der Waals surface area (Å²) in [5, 5.41) is 0. The van der Waals surface area contributed by atoms with Gasteiger partial charge in [0.25, 0.3) is 0 Å². The Morgan fingerprint density at radius 3 is 0.921 bits per heavy atom. The zero-order valence-electron chi connectivity index (χ0n) is 43.8. The number of allylic oxidation sites excluding steroid dienone is 1. The normalized spacial score (nSPS) is 12.8. The van der Waals surface area contributed by atoms with E-state index in [2.05, 4.69) is 291 Å². The molecule has 10 aromatic carbocycles. The second-order valence-electron chi connectivity index (χ2n) is 20.7. The molecule has 2 aliphatic carbocycles. The predicted octanol–water partition coefficient (Wildman–Crippen LogP) is 21.2. The molecular formula is C74H62N2. The summed E-state index contributed by atoms with van der Waals surface area (Å²) in [5.41, 5.74) is 27.6. The molecule has 2 nitrogen and oxygen atoms in total. The number of hydrogen-bond donors (Lipinski definition) is 0. The molecule has 12 rings (SSSR count). The van der Waals surface area contributed by atoms with E-state index in [0.717, 1.165) is 45.3 Å². The standard InChI is InChI=1S/C74H62N2/c1-52-17-23-55(24-18-52)25-27-57-33-41-63(42-34-57)75(61-37-19-53(2)20-38-61)65-45-47-71-68-14-8-10-16-70(68)74-51-66(46-48-72(74)67-13-7-9-15-69(67)73(71)50-65)76(62-39-21-54(3)22-40-62)64-43-35-58(36-44-64)28-26-56-29-31-60(32-30-56)49-59-11-5-4-6-12-59/h7-10,13-51H,4-6,11-12H2,1-3H3/b27-25+,28-26+,71-68?,72-67?,73-69?,74-70?. The minimum absolute atomic E-state index is 1.10. The maximum atomic E-state index is 2.41. The van der Waals surface area contributed by atoms with E-state index in [-0.39, 0.29) is 0 Å². The smallest absolute Gasteiger partial charge is 0.0468 e. The molecule has 76 heavy (non-hydrogen) atoms. The molecule has 0 atom stereocenters. The van der Waals surface area contributed by atoms with Crippen LogP contribution in [0, 0.1) is 20.8 Å². The van der Waals surface area contributed by atoms with E-state index >= 15 is 0 Å². The summed E-state index contributed by atoms with van der Waals surface area (Å²) in [6.07, 6.45) is 17.7. The highest BCUT2D eigenvalue weighted by molar-refractivity contribution is 6.05. The van der Waals surface area contributed by atoms with Crippen LogP contribution in [0.3, 0.4) is 0 Å². The van der Waals surface area contributed by atoms with Crippen LogP contribution >= 0.6 is 0 Å². The lowest BCUT2D eigenvalue weighted by atomic mass is 9.80. The fraction of sp³-hybridized carbons (Fsp3) is 0.108. The second kappa shape index (κ2) is 21.5. The van der Waals surface area contributed by atoms with Crippen molar-refractivity contribution in [2.75, 3.05) is 9.80 Å². The van der Waals surface area contributed by atoms with Crippen molar-refractivity contribution < 1.29 is 0 Å². The van der Waals surface area contributed by atoms with Gasteiger partial charge in [-0.15, -0.1) is 0 Å². The Hall–Kier alpha value is -8.98. The fourth-order valence-corrected chi connectivity index (χ4v) is 11.1. The van der Waals surface area contributed by atoms with Gasteiger partial charge in [-0.05, 0) is 192 Å². The molecular weight excluding hydrogens is 917 g/mol. The van der Waals surface area contributed by atoms with Gasteiger partial charge in [0, 0.05) is 34.1 Å². The predicted molar refractivity (Wildman–Crippen MR) is 327 cm³/mol. The van der Waals surface area contributed by atoms with E-state index in [1.165, 1.54) is 110 Å². The molecule has 0 heterocycles. The quantitative estimate of drug-likeness (QED) is 0.119. The molecule has 1 fully saturated rings. The SMILES string of the molecule is Cc1ccc(/C=C/c2ccc(N(c3ccc(C)cc3)c3ccc4c(c3)-c3ccccc3-c3ccc(N(c5ccc(C)cc5)c5ccc(/C=C/c6ccc(C=C7CCCCC7)cc6)cc5)cc3-c3ccccc3-4)cc2)cc1. The lowest BCUT2D eigenvalue weighted by molar-refractivity contribution is 0.602. The summed E-state index contributed by atoms with van der Waals surface area (Å²) in [6, 6.07) is 85.3. The van der Waals surface area contributed by atoms with Gasteiger partial charge in [0.2, 0.25) is 0 Å². The van der Waals surface area contributed by atoms with Gasteiger partial charge in [-0.2, -0.15) is 0 Å². The maximum Gasteiger partial charge on any atom is 0.0468 e. The topological polar surface area (TPSA) is 6.48 Å². The van der Waals surface area contributed by atoms with Gasteiger partial charge in [-0.3, -0.25) is 0 Å². The van der Waals surface area contributed by atoms with Crippen LogP contribution in [-0.2, 0) is 0 Å². The molecule has 0 radical (unpaired) electrons. The van der Waals surface area contributed by atoms with Gasteiger partial charge < -0.3 is 9.80 Å². The average molecular weight is 979 g/mol. The van der Waals surface area contributed by atoms with Crippen molar-refractivity contribution in [3.8, 4) is 44.5 Å². The average Bonchev–Trinajstić information content (AvgIpc) is 3.46. The first-order chi connectivity index (χ1) is 37.4. The van der Waals surface area contributed by atoms with Gasteiger partial charge in [0.05, 0.1) is 0 Å². The van der Waals surface area contributed by atoms with Crippen LogP contribution in [0.1, 0.15) is 76.6 Å². The van der Waals surface area contributed by atoms with Crippen molar-refractivity contribution in [1.29, 1.82) is 0 Å². The van der Waals surface area contributed by atoms with E-state index in [1.54, 1.807) is 5.57 Å². The summed E-state index contributed by atoms with van der Waals surface area (Å²) in [6.45, 7) is 6.43. The molecule has 2 heteroatoms. The number of fused-ring (bicyclic) bond motifs is 8. The second-order valence-corrected chi connectivity index (χ2v) is 20.7. The zero-order chi connectivity index (χ0) is 51.4. The summed E-state index contributed by atoms with van der Waals surface area (Å²) < 4.78 is 0. The first-order valence-corrected chi connectivity index (χ1v) is 27.0. The molecule has 2 aliphatic rings. The molecule has 1 saturated carbocycles. The van der Waals surface area contributed by atoms with E-state index in [1.807, 2.05) is 0 Å². The van der Waals surface area contributed by atoms with Gasteiger partial charge in [0.1, 0.15) is 0 Å². The van der Waals surface area contributed by atoms with E-state index in [0.29, 0.717) is 0 Å². The number of benzene rings is 10. The third kappa shape index (κ3) is 10.3. The van der Waals surface area contributed by atoms with Crippen molar-refractivity contribution in [3.63, 3.8) is 0 Å². The zero-order valence-corrected chi connectivity index (χ0v) is 43.8. The highest BCUT2D eigenvalue weighted by Gasteiger charge is 2.25. The van der Waals surface area contributed by atoms with Gasteiger partial charge in [0.15, 0.2) is 0 Å². The first kappa shape index (κ1) is 48.0. The number of hydrogen-bond acceptors (Lipinski definition) is 2. The summed E-state index contributed by atoms with van der Waals surface area (Å²) in [4.78, 5) is 4.78. The van der Waals surface area contributed by atoms with Crippen molar-refractivity contribution in [1.82, 2.24) is 0 Å². The molecule has 0 spiro atoms. The van der Waals surface area contributed by atoms with Crippen molar-refractivity contribution >= 4 is 64.5 Å². The monoisotopic (exact) mass is 978 g/mol. The fourth-order valence-electron chi connectivity index (χ4n) is 11.1. The molecule has 0 bridgehead atoms. The van der Waals surface area contributed by atoms with Crippen LogP contribution in [0.5, 0.6) is 0 Å². The third-order valence-electron chi connectivity index (χ3n) is 15.2. The Morgan fingerprint density at radius 2 is 0.539 bits per heavy atom. The van der Waals surface area contributed by atoms with Gasteiger partial charge in [-0.25, -0.2) is 0 Å². The van der Waals surface area contributed by atoms with E-state index < -0.39 is 0 Å². The molecule has 0 amide bonds. The summed E-state index contributed by atoms with van der Waals surface area (Å²) in [5.74, 6) is 0. The molecule has 368 valence electrons. The van der Waals surface area contributed by atoms with Crippen LogP contribution in [0.25, 0.3) is 74.9 Å². The lowest BCUT2D eigenvalue weighted by Crippen LogP contribution is -2.11. The van der Waals surface area contributed by atoms with Crippen LogP contribution in [0.4, 0.5) is 34.1 Å². The molecule has 0 unspecified atom stereocenters. The van der Waals surface area contributed by atoms with Crippen molar-refractivity contribution in [2.24, 2.45) is 0 Å². The maximum absolute atomic E-state index is 2.41. The van der Waals surface area contributed by atoms with Crippen LogP contribution in [-0.4, -0.2) is 0 Å². The molecule has 0 aromatic heterocycles. The molecule has 0 saturated heterocycles. The third-order valence-corrected chi connectivity index (χ3v) is 15.2. The number of anilines is 6. The Kier molecular flexibility index (Phi) is 13.6. The Bertz CT molecular complexity index is 3750. The Labute approximate surface area is 449 Å². The first-order valence-electron chi connectivity index (χ1n) is 27.0. The summed E-state index contributed by atoms with van der Waals surface area (Å²) in [7, 11) is 0. The minimum atomic E-state index is 1.10. The van der Waals surface area contributed by atoms with Crippen LogP contribution < -0.4 is 9.80 Å².